The molecule has 6 nitrogen and oxygen atoms in total. The number of aromatic nitrogens is 2. The van der Waals surface area contributed by atoms with Gasteiger partial charge in [-0.2, -0.15) is 5.10 Å². The van der Waals surface area contributed by atoms with Gasteiger partial charge in [0.25, 0.3) is 5.91 Å². The molecule has 1 aliphatic heterocycles. The molecule has 1 aliphatic rings. The van der Waals surface area contributed by atoms with Crippen molar-refractivity contribution in [2.45, 2.75) is 12.7 Å². The summed E-state index contributed by atoms with van der Waals surface area (Å²) in [5.41, 5.74) is 1.07. The molecule has 0 spiro atoms. The Morgan fingerprint density at radius 1 is 1.46 bits per heavy atom. The van der Waals surface area contributed by atoms with Crippen LogP contribution in [0.3, 0.4) is 0 Å². The third-order valence-electron chi connectivity index (χ3n) is 2.03. The maximum Gasteiger partial charge on any atom is 0.272 e. The standard InChI is InChI=1S/C7H9N3O3/c11-6-4-3(1-2-8-6)5(7(12)13)10-9-4/h7,12-13H,1-2H2,(H,8,11)(H,9,10). The molecule has 1 aromatic heterocycles. The summed E-state index contributed by atoms with van der Waals surface area (Å²) in [7, 11) is 0. The summed E-state index contributed by atoms with van der Waals surface area (Å²) >= 11 is 0. The van der Waals surface area contributed by atoms with Gasteiger partial charge in [0.15, 0.2) is 12.0 Å². The average molecular weight is 183 g/mol. The first-order chi connectivity index (χ1) is 6.20. The summed E-state index contributed by atoms with van der Waals surface area (Å²) in [4.78, 5) is 11.2. The molecule has 0 saturated carbocycles. The predicted octanol–water partition coefficient (Wildman–Crippen LogP) is -1.32. The lowest BCUT2D eigenvalue weighted by Gasteiger charge is -2.12. The number of aromatic amines is 1. The van der Waals surface area contributed by atoms with E-state index in [1.807, 2.05) is 0 Å². The molecule has 6 heteroatoms. The first kappa shape index (κ1) is 8.21. The zero-order chi connectivity index (χ0) is 9.42. The summed E-state index contributed by atoms with van der Waals surface area (Å²) in [6.45, 7) is 0.505. The highest BCUT2D eigenvalue weighted by molar-refractivity contribution is 5.94. The Hall–Kier alpha value is -1.40. The van der Waals surface area contributed by atoms with Crippen LogP contribution in [0.2, 0.25) is 0 Å². The Labute approximate surface area is 73.6 Å². The molecule has 0 bridgehead atoms. The molecule has 0 atom stereocenters. The lowest BCUT2D eigenvalue weighted by Crippen LogP contribution is -2.32. The first-order valence-corrected chi connectivity index (χ1v) is 3.91. The summed E-state index contributed by atoms with van der Waals surface area (Å²) in [5, 5.41) is 26.6. The van der Waals surface area contributed by atoms with E-state index >= 15 is 0 Å². The van der Waals surface area contributed by atoms with Crippen molar-refractivity contribution >= 4 is 5.91 Å². The quantitative estimate of drug-likeness (QED) is 0.406. The van der Waals surface area contributed by atoms with Gasteiger partial charge in [-0.3, -0.25) is 9.89 Å². The zero-order valence-corrected chi connectivity index (χ0v) is 6.74. The zero-order valence-electron chi connectivity index (χ0n) is 6.74. The van der Waals surface area contributed by atoms with Gasteiger partial charge in [0.1, 0.15) is 0 Å². The Kier molecular flexibility index (Phi) is 1.78. The second-order valence-electron chi connectivity index (χ2n) is 2.84. The number of amides is 1. The van der Waals surface area contributed by atoms with Crippen molar-refractivity contribution in [3.05, 3.63) is 17.0 Å². The fraction of sp³-hybridized carbons (Fsp3) is 0.429. The minimum absolute atomic E-state index is 0.213. The molecule has 4 N–H and O–H groups in total. The van der Waals surface area contributed by atoms with Gasteiger partial charge in [-0.15, -0.1) is 0 Å². The van der Waals surface area contributed by atoms with Gasteiger partial charge in [-0.1, -0.05) is 0 Å². The fourth-order valence-corrected chi connectivity index (χ4v) is 1.42. The Bertz CT molecular complexity index is 345. The summed E-state index contributed by atoms with van der Waals surface area (Å²) in [6, 6.07) is 0. The number of carbonyl (C=O) groups is 1. The van der Waals surface area contributed by atoms with Crippen molar-refractivity contribution in [3.8, 4) is 0 Å². The Morgan fingerprint density at radius 2 is 2.23 bits per heavy atom. The normalized spacial score (nSPS) is 15.8. The third kappa shape index (κ3) is 1.20. The van der Waals surface area contributed by atoms with Crippen molar-refractivity contribution in [1.29, 1.82) is 0 Å². The van der Waals surface area contributed by atoms with Crippen LogP contribution in [0.4, 0.5) is 0 Å². The first-order valence-electron chi connectivity index (χ1n) is 3.91. The molecular weight excluding hydrogens is 174 g/mol. The van der Waals surface area contributed by atoms with Gasteiger partial charge >= 0.3 is 0 Å². The third-order valence-corrected chi connectivity index (χ3v) is 2.03. The summed E-state index contributed by atoms with van der Waals surface area (Å²) in [5.74, 6) is -0.274. The minimum Gasteiger partial charge on any atom is -0.363 e. The number of nitrogens with zero attached hydrogens (tertiary/aromatic N) is 1. The maximum atomic E-state index is 11.2. The predicted molar refractivity (Wildman–Crippen MR) is 41.8 cm³/mol. The van der Waals surface area contributed by atoms with Crippen LogP contribution in [0.15, 0.2) is 0 Å². The average Bonchev–Trinajstić information content (AvgIpc) is 2.48. The van der Waals surface area contributed by atoms with E-state index in [-0.39, 0.29) is 17.3 Å². The number of hydrogen-bond donors (Lipinski definition) is 4. The van der Waals surface area contributed by atoms with Crippen LogP contribution in [-0.2, 0) is 6.42 Å². The van der Waals surface area contributed by atoms with Crippen molar-refractivity contribution < 1.29 is 15.0 Å². The summed E-state index contributed by atoms with van der Waals surface area (Å²) in [6.07, 6.45) is -1.02. The monoisotopic (exact) mass is 183 g/mol. The molecule has 0 radical (unpaired) electrons. The minimum atomic E-state index is -1.60. The molecule has 0 fully saturated rings. The van der Waals surface area contributed by atoms with Crippen LogP contribution < -0.4 is 5.32 Å². The molecule has 13 heavy (non-hydrogen) atoms. The van der Waals surface area contributed by atoms with Crippen LogP contribution in [0.5, 0.6) is 0 Å². The largest absolute Gasteiger partial charge is 0.363 e. The number of aliphatic hydroxyl groups is 2. The van der Waals surface area contributed by atoms with Gasteiger partial charge < -0.3 is 15.5 Å². The van der Waals surface area contributed by atoms with E-state index < -0.39 is 6.29 Å². The molecule has 1 amide bonds. The van der Waals surface area contributed by atoms with E-state index in [9.17, 15) is 4.79 Å². The van der Waals surface area contributed by atoms with Crippen molar-refractivity contribution in [1.82, 2.24) is 15.5 Å². The van der Waals surface area contributed by atoms with Gasteiger partial charge in [0.2, 0.25) is 0 Å². The van der Waals surface area contributed by atoms with E-state index in [1.165, 1.54) is 0 Å². The van der Waals surface area contributed by atoms with Crippen LogP contribution in [-0.4, -0.2) is 32.9 Å². The number of rotatable bonds is 1. The fourth-order valence-electron chi connectivity index (χ4n) is 1.42. The van der Waals surface area contributed by atoms with Gasteiger partial charge in [0, 0.05) is 12.1 Å². The van der Waals surface area contributed by atoms with Crippen LogP contribution in [0, 0.1) is 0 Å². The molecule has 0 saturated heterocycles. The lowest BCUT2D eigenvalue weighted by atomic mass is 10.1. The number of carbonyl (C=O) groups excluding carboxylic acids is 1. The van der Waals surface area contributed by atoms with E-state index in [0.717, 1.165) is 0 Å². The maximum absolute atomic E-state index is 11.2. The number of aliphatic hydroxyl groups excluding tert-OH is 1. The highest BCUT2D eigenvalue weighted by Crippen LogP contribution is 2.19. The summed E-state index contributed by atoms with van der Waals surface area (Å²) < 4.78 is 0. The van der Waals surface area contributed by atoms with E-state index in [0.29, 0.717) is 18.5 Å². The number of fused-ring (bicyclic) bond motifs is 1. The molecule has 70 valence electrons. The molecule has 0 aromatic carbocycles. The molecule has 2 rings (SSSR count). The van der Waals surface area contributed by atoms with Gasteiger partial charge in [-0.25, -0.2) is 0 Å². The number of H-pyrrole nitrogens is 1. The number of nitrogens with one attached hydrogen (secondary N) is 2. The topological polar surface area (TPSA) is 98.2 Å². The second-order valence-corrected chi connectivity index (χ2v) is 2.84. The smallest absolute Gasteiger partial charge is 0.272 e. The van der Waals surface area contributed by atoms with Crippen LogP contribution in [0.25, 0.3) is 0 Å². The van der Waals surface area contributed by atoms with Crippen LogP contribution in [0.1, 0.15) is 28.0 Å². The van der Waals surface area contributed by atoms with Crippen molar-refractivity contribution in [3.63, 3.8) is 0 Å². The molecule has 2 heterocycles. The molecule has 1 aromatic rings. The van der Waals surface area contributed by atoms with E-state index in [1.54, 1.807) is 0 Å². The highest BCUT2D eigenvalue weighted by atomic mass is 16.5. The molecule has 0 aliphatic carbocycles. The van der Waals surface area contributed by atoms with E-state index in [2.05, 4.69) is 15.5 Å². The van der Waals surface area contributed by atoms with Crippen molar-refractivity contribution in [2.75, 3.05) is 6.54 Å². The lowest BCUT2D eigenvalue weighted by molar-refractivity contribution is -0.0464. The SMILES string of the molecule is O=C1NCCc2c1n[nH]c2C(O)O. The van der Waals surface area contributed by atoms with Crippen molar-refractivity contribution in [2.24, 2.45) is 0 Å². The Balaban J connectivity index is 2.47. The van der Waals surface area contributed by atoms with Gasteiger partial charge in [0.05, 0.1) is 5.69 Å². The highest BCUT2D eigenvalue weighted by Gasteiger charge is 2.25. The molecule has 0 unspecified atom stereocenters. The van der Waals surface area contributed by atoms with Crippen LogP contribution >= 0.6 is 0 Å². The number of hydrogen-bond acceptors (Lipinski definition) is 4. The molecular formula is C7H9N3O3. The Morgan fingerprint density at radius 3 is 2.92 bits per heavy atom. The van der Waals surface area contributed by atoms with E-state index in [4.69, 9.17) is 10.2 Å². The van der Waals surface area contributed by atoms with Gasteiger partial charge in [-0.05, 0) is 6.42 Å². The second kappa shape index (κ2) is 2.82.